The van der Waals surface area contributed by atoms with Gasteiger partial charge in [0.25, 0.3) is 0 Å². The van der Waals surface area contributed by atoms with Crippen LogP contribution in [0.3, 0.4) is 0 Å². The van der Waals surface area contributed by atoms with Crippen molar-refractivity contribution in [3.05, 3.63) is 33.3 Å². The maximum Gasteiger partial charge on any atom is 0.0464 e. The summed E-state index contributed by atoms with van der Waals surface area (Å²) in [6.07, 6.45) is 2.43. The third-order valence-electron chi connectivity index (χ3n) is 3.70. The Kier molecular flexibility index (Phi) is 6.68. The van der Waals surface area contributed by atoms with E-state index in [0.717, 1.165) is 21.0 Å². The fourth-order valence-electron chi connectivity index (χ4n) is 2.47. The van der Waals surface area contributed by atoms with Gasteiger partial charge in [0, 0.05) is 21.6 Å². The molecule has 1 nitrogen and oxygen atoms in total. The molecule has 0 amide bonds. The fraction of sp³-hybridized carbons (Fsp3) is 0.600. The third-order valence-corrected chi connectivity index (χ3v) is 4.52. The number of nitrogens with one attached hydrogen (secondary N) is 1. The molecule has 0 aromatic heterocycles. The third kappa shape index (κ3) is 4.25. The zero-order chi connectivity index (χ0) is 13.7. The molecule has 0 spiro atoms. The van der Waals surface area contributed by atoms with Crippen molar-refractivity contribution in [2.45, 2.75) is 52.6 Å². The molecule has 0 aliphatic rings. The zero-order valence-electron chi connectivity index (χ0n) is 11.6. The minimum absolute atomic E-state index is 0.279. The Labute approximate surface area is 124 Å². The van der Waals surface area contributed by atoms with Gasteiger partial charge < -0.3 is 5.32 Å². The van der Waals surface area contributed by atoms with Gasteiger partial charge in [0.15, 0.2) is 0 Å². The summed E-state index contributed by atoms with van der Waals surface area (Å²) in [6, 6.07) is 6.87. The van der Waals surface area contributed by atoms with Crippen LogP contribution in [0.5, 0.6) is 0 Å². The molecule has 0 bridgehead atoms. The van der Waals surface area contributed by atoms with E-state index >= 15 is 0 Å². The van der Waals surface area contributed by atoms with E-state index < -0.39 is 0 Å². The van der Waals surface area contributed by atoms with Gasteiger partial charge in [-0.15, -0.1) is 0 Å². The Hall–Kier alpha value is -0.0500. The van der Waals surface area contributed by atoms with Crippen LogP contribution in [0, 0.1) is 5.92 Å². The predicted molar refractivity (Wildman–Crippen MR) is 84.2 cm³/mol. The molecule has 3 heteroatoms. The quantitative estimate of drug-likeness (QED) is 0.717. The first-order chi connectivity index (χ1) is 8.49. The molecule has 2 atom stereocenters. The summed E-state index contributed by atoms with van der Waals surface area (Å²) >= 11 is 9.72. The molecular formula is C15H23BrClN. The topological polar surface area (TPSA) is 12.0 Å². The van der Waals surface area contributed by atoms with Gasteiger partial charge in [-0.3, -0.25) is 0 Å². The summed E-state index contributed by atoms with van der Waals surface area (Å²) in [5, 5.41) is 4.48. The van der Waals surface area contributed by atoms with Gasteiger partial charge in [0.2, 0.25) is 0 Å². The summed E-state index contributed by atoms with van der Waals surface area (Å²) in [6.45, 7) is 8.95. The Morgan fingerprint density at radius 3 is 2.33 bits per heavy atom. The number of benzene rings is 1. The fourth-order valence-corrected chi connectivity index (χ4v) is 3.31. The number of rotatable bonds is 6. The van der Waals surface area contributed by atoms with Crippen LogP contribution in [0.2, 0.25) is 5.02 Å². The normalized spacial score (nSPS) is 14.8. The van der Waals surface area contributed by atoms with Gasteiger partial charge in [0.1, 0.15) is 0 Å². The first-order valence-electron chi connectivity index (χ1n) is 6.70. The van der Waals surface area contributed by atoms with E-state index in [1.54, 1.807) is 0 Å². The van der Waals surface area contributed by atoms with Gasteiger partial charge >= 0.3 is 0 Å². The minimum atomic E-state index is 0.279. The average Bonchev–Trinajstić information content (AvgIpc) is 2.30. The summed E-state index contributed by atoms with van der Waals surface area (Å²) in [5.41, 5.74) is 1.16. The van der Waals surface area contributed by atoms with E-state index in [0.29, 0.717) is 6.04 Å². The zero-order valence-corrected chi connectivity index (χ0v) is 14.0. The highest BCUT2D eigenvalue weighted by molar-refractivity contribution is 9.10. The second-order valence-electron chi connectivity index (χ2n) is 4.92. The Morgan fingerprint density at radius 1 is 1.22 bits per heavy atom. The molecule has 0 heterocycles. The largest absolute Gasteiger partial charge is 0.307 e. The highest BCUT2D eigenvalue weighted by Gasteiger charge is 2.17. The van der Waals surface area contributed by atoms with Gasteiger partial charge in [-0.25, -0.2) is 0 Å². The molecule has 102 valence electrons. The molecule has 0 fully saturated rings. The maximum atomic E-state index is 6.29. The summed E-state index contributed by atoms with van der Waals surface area (Å²) < 4.78 is 1.02. The molecule has 0 saturated carbocycles. The standard InChI is InChI=1S/C15H23BrClN/c1-5-12(6-2)10(3)18-11(4)14-8-7-13(16)9-15(14)17/h7-12,18H,5-6H2,1-4H3. The molecule has 1 N–H and O–H groups in total. The molecule has 1 rings (SSSR count). The molecule has 18 heavy (non-hydrogen) atoms. The van der Waals surface area contributed by atoms with Crippen LogP contribution in [0.4, 0.5) is 0 Å². The van der Waals surface area contributed by atoms with Gasteiger partial charge in [0.05, 0.1) is 0 Å². The summed E-state index contributed by atoms with van der Waals surface area (Å²) in [7, 11) is 0. The lowest BCUT2D eigenvalue weighted by atomic mass is 9.94. The Balaban J connectivity index is 2.72. The Bertz CT molecular complexity index is 377. The molecule has 0 aliphatic heterocycles. The first kappa shape index (κ1) is 16.0. The number of halogens is 2. The molecular weight excluding hydrogens is 310 g/mol. The van der Waals surface area contributed by atoms with E-state index in [9.17, 15) is 0 Å². The van der Waals surface area contributed by atoms with Crippen molar-refractivity contribution in [2.75, 3.05) is 0 Å². The molecule has 2 unspecified atom stereocenters. The van der Waals surface area contributed by atoms with Crippen LogP contribution in [-0.2, 0) is 0 Å². The van der Waals surface area contributed by atoms with E-state index in [2.05, 4.69) is 55.0 Å². The summed E-state index contributed by atoms with van der Waals surface area (Å²) in [4.78, 5) is 0. The van der Waals surface area contributed by atoms with Gasteiger partial charge in [-0.1, -0.05) is 60.3 Å². The molecule has 1 aromatic rings. The van der Waals surface area contributed by atoms with Crippen molar-refractivity contribution in [1.29, 1.82) is 0 Å². The molecule has 0 aliphatic carbocycles. The van der Waals surface area contributed by atoms with E-state index in [4.69, 9.17) is 11.6 Å². The van der Waals surface area contributed by atoms with Crippen molar-refractivity contribution < 1.29 is 0 Å². The molecule has 0 saturated heterocycles. The van der Waals surface area contributed by atoms with E-state index in [-0.39, 0.29) is 6.04 Å². The maximum absolute atomic E-state index is 6.29. The molecule has 1 aromatic carbocycles. The molecule has 0 radical (unpaired) electrons. The number of hydrogen-bond acceptors (Lipinski definition) is 1. The van der Waals surface area contributed by atoms with Crippen LogP contribution >= 0.6 is 27.5 Å². The highest BCUT2D eigenvalue weighted by Crippen LogP contribution is 2.27. The SMILES string of the molecule is CCC(CC)C(C)NC(C)c1ccc(Br)cc1Cl. The smallest absolute Gasteiger partial charge is 0.0464 e. The van der Waals surface area contributed by atoms with Crippen molar-refractivity contribution in [3.63, 3.8) is 0 Å². The van der Waals surface area contributed by atoms with Gasteiger partial charge in [-0.05, 0) is 37.5 Å². The van der Waals surface area contributed by atoms with Crippen LogP contribution in [0.1, 0.15) is 52.1 Å². The lowest BCUT2D eigenvalue weighted by Crippen LogP contribution is -2.35. The van der Waals surface area contributed by atoms with Crippen LogP contribution in [0.15, 0.2) is 22.7 Å². The second-order valence-corrected chi connectivity index (χ2v) is 6.24. The first-order valence-corrected chi connectivity index (χ1v) is 7.87. The van der Waals surface area contributed by atoms with Crippen molar-refractivity contribution in [3.8, 4) is 0 Å². The second kappa shape index (κ2) is 7.52. The van der Waals surface area contributed by atoms with Gasteiger partial charge in [-0.2, -0.15) is 0 Å². The van der Waals surface area contributed by atoms with Crippen molar-refractivity contribution in [1.82, 2.24) is 5.32 Å². The van der Waals surface area contributed by atoms with Crippen molar-refractivity contribution in [2.24, 2.45) is 5.92 Å². The van der Waals surface area contributed by atoms with Crippen LogP contribution in [0.25, 0.3) is 0 Å². The van der Waals surface area contributed by atoms with E-state index in [1.165, 1.54) is 12.8 Å². The van der Waals surface area contributed by atoms with Crippen molar-refractivity contribution >= 4 is 27.5 Å². The lowest BCUT2D eigenvalue weighted by Gasteiger charge is -2.27. The lowest BCUT2D eigenvalue weighted by molar-refractivity contribution is 0.330. The predicted octanol–water partition coefficient (Wildman–Crippen LogP) is 5.58. The number of hydrogen-bond donors (Lipinski definition) is 1. The Morgan fingerprint density at radius 2 is 1.83 bits per heavy atom. The summed E-state index contributed by atoms with van der Waals surface area (Å²) in [5.74, 6) is 0.724. The van der Waals surface area contributed by atoms with Crippen LogP contribution < -0.4 is 5.32 Å². The monoisotopic (exact) mass is 331 g/mol. The van der Waals surface area contributed by atoms with Crippen LogP contribution in [-0.4, -0.2) is 6.04 Å². The van der Waals surface area contributed by atoms with E-state index in [1.807, 2.05) is 12.1 Å². The minimum Gasteiger partial charge on any atom is -0.307 e. The highest BCUT2D eigenvalue weighted by atomic mass is 79.9. The average molecular weight is 333 g/mol.